The van der Waals surface area contributed by atoms with E-state index < -0.39 is 0 Å². The first-order chi connectivity index (χ1) is 12.5. The summed E-state index contributed by atoms with van der Waals surface area (Å²) in [6, 6.07) is 0. The van der Waals surface area contributed by atoms with E-state index in [9.17, 15) is 0 Å². The van der Waals surface area contributed by atoms with E-state index in [0.717, 1.165) is 46.8 Å². The van der Waals surface area contributed by atoms with Gasteiger partial charge in [0.1, 0.15) is 16.2 Å². The van der Waals surface area contributed by atoms with Crippen LogP contribution in [0.1, 0.15) is 57.4 Å². The summed E-state index contributed by atoms with van der Waals surface area (Å²) in [5.41, 5.74) is 4.81. The predicted octanol–water partition coefficient (Wildman–Crippen LogP) is 5.55. The van der Waals surface area contributed by atoms with Gasteiger partial charge in [-0.2, -0.15) is 0 Å². The number of rotatable bonds is 5. The Balaban J connectivity index is 2.00. The minimum Gasteiger partial charge on any atom is -0.370 e. The number of hydrogen-bond donors (Lipinski definition) is 0. The maximum atomic E-state index is 6.12. The van der Waals surface area contributed by atoms with Gasteiger partial charge in [0, 0.05) is 23.1 Å². The fraction of sp³-hybridized carbons (Fsp3) is 0.550. The molecule has 0 fully saturated rings. The van der Waals surface area contributed by atoms with E-state index in [0.29, 0.717) is 6.61 Å². The average molecular weight is 388 g/mol. The highest BCUT2D eigenvalue weighted by Crippen LogP contribution is 2.42. The molecule has 26 heavy (non-hydrogen) atoms. The highest BCUT2D eigenvalue weighted by atomic mass is 32.2. The van der Waals surface area contributed by atoms with Crippen LogP contribution in [-0.4, -0.2) is 26.3 Å². The molecule has 0 aliphatic carbocycles. The van der Waals surface area contributed by atoms with Crippen LogP contribution < -0.4 is 0 Å². The second-order valence-corrected chi connectivity index (χ2v) is 9.56. The van der Waals surface area contributed by atoms with Gasteiger partial charge in [-0.1, -0.05) is 20.3 Å². The maximum absolute atomic E-state index is 6.12. The van der Waals surface area contributed by atoms with Gasteiger partial charge in [-0.25, -0.2) is 15.0 Å². The second-order valence-electron chi connectivity index (χ2n) is 7.48. The molecule has 3 aromatic rings. The van der Waals surface area contributed by atoms with Gasteiger partial charge in [0.25, 0.3) is 0 Å². The number of thiophene rings is 1. The molecule has 0 atom stereocenters. The highest BCUT2D eigenvalue weighted by molar-refractivity contribution is 7.99. The first-order valence-electron chi connectivity index (χ1n) is 9.38. The molecule has 1 aliphatic rings. The molecule has 4 heterocycles. The van der Waals surface area contributed by atoms with Crippen LogP contribution in [0.2, 0.25) is 0 Å². The number of fused-ring (bicyclic) bond motifs is 5. The summed E-state index contributed by atoms with van der Waals surface area (Å²) >= 11 is 3.58. The molecular weight excluding hydrogens is 362 g/mol. The molecule has 4 rings (SSSR count). The molecule has 4 nitrogen and oxygen atoms in total. The van der Waals surface area contributed by atoms with Crippen molar-refractivity contribution >= 4 is 43.5 Å². The Kier molecular flexibility index (Phi) is 4.92. The summed E-state index contributed by atoms with van der Waals surface area (Å²) < 4.78 is 7.31. The minimum absolute atomic E-state index is 0.147. The molecule has 0 radical (unpaired) electrons. The molecular formula is C20H25N3OS2. The quantitative estimate of drug-likeness (QED) is 0.424. The molecule has 0 bridgehead atoms. The zero-order chi connectivity index (χ0) is 18.3. The zero-order valence-electron chi connectivity index (χ0n) is 15.9. The standard InChI is InChI=1S/C20H25N3OS2/c1-5-7-14-13-10-24-20(3,4)9-12(13)15-16-17(26-18(15)23-14)19(22-11-21-16)25-8-6-2/h11H,5-10H2,1-4H3. The topological polar surface area (TPSA) is 47.9 Å². The number of thioether (sulfide) groups is 1. The third kappa shape index (κ3) is 3.12. The molecule has 0 saturated carbocycles. The Labute approximate surface area is 162 Å². The third-order valence-electron chi connectivity index (χ3n) is 4.81. The average Bonchev–Trinajstić information content (AvgIpc) is 2.98. The van der Waals surface area contributed by atoms with Crippen molar-refractivity contribution in [2.45, 2.75) is 70.6 Å². The van der Waals surface area contributed by atoms with Gasteiger partial charge in [-0.3, -0.25) is 0 Å². The molecule has 0 aromatic carbocycles. The number of aryl methyl sites for hydroxylation is 1. The van der Waals surface area contributed by atoms with Crippen molar-refractivity contribution in [2.24, 2.45) is 0 Å². The first kappa shape index (κ1) is 18.1. The molecule has 6 heteroatoms. The Hall–Kier alpha value is -1.24. The smallest absolute Gasteiger partial charge is 0.126 e. The molecule has 0 spiro atoms. The van der Waals surface area contributed by atoms with Crippen LogP contribution in [0.5, 0.6) is 0 Å². The fourth-order valence-corrected chi connectivity index (χ4v) is 5.71. The van der Waals surface area contributed by atoms with Crippen molar-refractivity contribution in [3.8, 4) is 0 Å². The molecule has 138 valence electrons. The van der Waals surface area contributed by atoms with Crippen LogP contribution in [0.15, 0.2) is 11.4 Å². The lowest BCUT2D eigenvalue weighted by Crippen LogP contribution is -2.32. The molecule has 3 aromatic heterocycles. The Morgan fingerprint density at radius 1 is 1.19 bits per heavy atom. The lowest BCUT2D eigenvalue weighted by atomic mass is 9.88. The van der Waals surface area contributed by atoms with Crippen molar-refractivity contribution in [1.82, 2.24) is 15.0 Å². The van der Waals surface area contributed by atoms with E-state index in [1.165, 1.54) is 26.9 Å². The summed E-state index contributed by atoms with van der Waals surface area (Å²) in [6.45, 7) is 9.41. The molecule has 0 N–H and O–H groups in total. The number of pyridine rings is 1. The van der Waals surface area contributed by atoms with E-state index in [1.807, 2.05) is 11.8 Å². The van der Waals surface area contributed by atoms with Crippen molar-refractivity contribution in [2.75, 3.05) is 5.75 Å². The third-order valence-corrected chi connectivity index (χ3v) is 7.22. The Bertz CT molecular complexity index is 965. The van der Waals surface area contributed by atoms with Crippen molar-refractivity contribution in [1.29, 1.82) is 0 Å². The monoisotopic (exact) mass is 387 g/mol. The summed E-state index contributed by atoms with van der Waals surface area (Å²) in [5.74, 6) is 1.08. The normalized spacial score (nSPS) is 16.3. The summed E-state index contributed by atoms with van der Waals surface area (Å²) in [7, 11) is 0. The van der Waals surface area contributed by atoms with Gasteiger partial charge in [-0.15, -0.1) is 23.1 Å². The molecule has 0 amide bonds. The van der Waals surface area contributed by atoms with Crippen LogP contribution in [0.3, 0.4) is 0 Å². The van der Waals surface area contributed by atoms with Crippen LogP contribution in [0.4, 0.5) is 0 Å². The van der Waals surface area contributed by atoms with E-state index in [4.69, 9.17) is 9.72 Å². The van der Waals surface area contributed by atoms with Gasteiger partial charge in [0.15, 0.2) is 0 Å². The minimum atomic E-state index is -0.147. The predicted molar refractivity (Wildman–Crippen MR) is 110 cm³/mol. The summed E-state index contributed by atoms with van der Waals surface area (Å²) in [6.07, 6.45) is 5.85. The van der Waals surface area contributed by atoms with E-state index in [1.54, 1.807) is 17.7 Å². The number of nitrogens with zero attached hydrogens (tertiary/aromatic N) is 3. The maximum Gasteiger partial charge on any atom is 0.126 e. The van der Waals surface area contributed by atoms with Crippen LogP contribution in [0, 0.1) is 0 Å². The first-order valence-corrected chi connectivity index (χ1v) is 11.2. The fourth-order valence-electron chi connectivity index (χ4n) is 3.60. The lowest BCUT2D eigenvalue weighted by Gasteiger charge is -2.33. The number of ether oxygens (including phenoxy) is 1. The van der Waals surface area contributed by atoms with E-state index in [-0.39, 0.29) is 5.60 Å². The Morgan fingerprint density at radius 2 is 2.04 bits per heavy atom. The summed E-state index contributed by atoms with van der Waals surface area (Å²) in [5, 5.41) is 2.33. The zero-order valence-corrected chi connectivity index (χ0v) is 17.5. The summed E-state index contributed by atoms with van der Waals surface area (Å²) in [4.78, 5) is 15.4. The van der Waals surface area contributed by atoms with E-state index >= 15 is 0 Å². The second kappa shape index (κ2) is 7.06. The van der Waals surface area contributed by atoms with Gasteiger partial charge < -0.3 is 4.74 Å². The Morgan fingerprint density at radius 3 is 2.81 bits per heavy atom. The van der Waals surface area contributed by atoms with Crippen LogP contribution in [0.25, 0.3) is 20.4 Å². The van der Waals surface area contributed by atoms with Gasteiger partial charge in [-0.05, 0) is 38.0 Å². The highest BCUT2D eigenvalue weighted by Gasteiger charge is 2.31. The molecule has 0 unspecified atom stereocenters. The van der Waals surface area contributed by atoms with Gasteiger partial charge in [0.2, 0.25) is 0 Å². The van der Waals surface area contributed by atoms with Crippen molar-refractivity contribution < 1.29 is 4.74 Å². The van der Waals surface area contributed by atoms with Gasteiger partial charge >= 0.3 is 0 Å². The van der Waals surface area contributed by atoms with Crippen LogP contribution in [-0.2, 0) is 24.2 Å². The largest absolute Gasteiger partial charge is 0.370 e. The van der Waals surface area contributed by atoms with Crippen molar-refractivity contribution in [3.05, 3.63) is 23.1 Å². The number of hydrogen-bond acceptors (Lipinski definition) is 6. The van der Waals surface area contributed by atoms with Crippen molar-refractivity contribution in [3.63, 3.8) is 0 Å². The molecule has 0 saturated heterocycles. The van der Waals surface area contributed by atoms with E-state index in [2.05, 4.69) is 37.7 Å². The van der Waals surface area contributed by atoms with Gasteiger partial charge in [0.05, 0.1) is 22.4 Å². The molecule has 1 aliphatic heterocycles. The lowest BCUT2D eigenvalue weighted by molar-refractivity contribution is -0.0401. The van der Waals surface area contributed by atoms with Crippen LogP contribution >= 0.6 is 23.1 Å². The number of aromatic nitrogens is 3. The SMILES string of the molecule is CCCSc1ncnc2c1sc1nc(CCC)c3c(c12)CC(C)(C)OC3.